The largest absolute Gasteiger partial charge is 0.293 e. The smallest absolute Gasteiger partial charge is 0.0890 e. The molecule has 28 heavy (non-hydrogen) atoms. The summed E-state index contributed by atoms with van der Waals surface area (Å²) in [5, 5.41) is 0. The third-order valence-electron chi connectivity index (χ3n) is 5.26. The molecule has 0 aromatic rings. The van der Waals surface area contributed by atoms with Gasteiger partial charge in [-0.15, -0.1) is 0 Å². The first-order chi connectivity index (χ1) is 13.7. The molecule has 0 rings (SSSR count). The Morgan fingerprint density at radius 1 is 0.500 bits per heavy atom. The maximum absolute atomic E-state index is 6.09. The van der Waals surface area contributed by atoms with Crippen molar-refractivity contribution in [2.45, 2.75) is 125 Å². The van der Waals surface area contributed by atoms with Gasteiger partial charge in [0.25, 0.3) is 0 Å². The van der Waals surface area contributed by atoms with Crippen molar-refractivity contribution in [3.63, 3.8) is 0 Å². The lowest BCUT2D eigenvalue weighted by Gasteiger charge is -2.39. The summed E-state index contributed by atoms with van der Waals surface area (Å²) in [5.41, 5.74) is 0. The highest BCUT2D eigenvalue weighted by atomic mass is 32.3. The Hall–Kier alpha value is 0.230. The Labute approximate surface area is 179 Å². The molecule has 0 aromatic carbocycles. The third-order valence-corrected chi connectivity index (χ3v) is 7.93. The fourth-order valence-electron chi connectivity index (χ4n) is 3.81. The van der Waals surface area contributed by atoms with Crippen LogP contribution < -0.4 is 0 Å². The Balaban J connectivity index is 4.52. The molecule has 4 heteroatoms. The fraction of sp³-hybridized carbons (Fsp3) is 1.00. The van der Waals surface area contributed by atoms with Crippen molar-refractivity contribution in [2.24, 2.45) is 5.92 Å². The van der Waals surface area contributed by atoms with E-state index in [1.165, 1.54) is 89.9 Å². The summed E-state index contributed by atoms with van der Waals surface area (Å²) in [5.74, 6) is 1.61. The summed E-state index contributed by atoms with van der Waals surface area (Å²) in [6.07, 6.45) is 19.0. The second kappa shape index (κ2) is 20.5. The number of rotatable bonds is 22. The van der Waals surface area contributed by atoms with Gasteiger partial charge in [0, 0.05) is 5.75 Å². The van der Waals surface area contributed by atoms with E-state index in [1.54, 1.807) is 0 Å². The van der Waals surface area contributed by atoms with Crippen LogP contribution in [0, 0.1) is 5.92 Å². The average Bonchev–Trinajstić information content (AvgIpc) is 2.67. The molecule has 172 valence electrons. The third kappa shape index (κ3) is 15.1. The molecule has 0 aliphatic carbocycles. The van der Waals surface area contributed by atoms with Gasteiger partial charge < -0.3 is 0 Å². The van der Waals surface area contributed by atoms with Crippen LogP contribution in [0.1, 0.15) is 125 Å². The number of unbranched alkanes of at least 4 members (excludes halogenated alkanes) is 10. The van der Waals surface area contributed by atoms with Crippen LogP contribution >= 0.6 is 10.9 Å². The van der Waals surface area contributed by atoms with Gasteiger partial charge in [-0.25, -0.2) is 0 Å². The van der Waals surface area contributed by atoms with Crippen molar-refractivity contribution in [3.8, 4) is 0 Å². The molecule has 0 aliphatic heterocycles. The second-order valence-corrected chi connectivity index (χ2v) is 10.1. The van der Waals surface area contributed by atoms with Crippen molar-refractivity contribution >= 4 is 10.9 Å². The Kier molecular flexibility index (Phi) is 20.7. The van der Waals surface area contributed by atoms with Gasteiger partial charge in [0.15, 0.2) is 0 Å². The van der Waals surface area contributed by atoms with E-state index >= 15 is 0 Å². The van der Waals surface area contributed by atoms with Crippen molar-refractivity contribution in [1.82, 2.24) is 0 Å². The molecule has 1 atom stereocenters. The minimum absolute atomic E-state index is 0.662. The van der Waals surface area contributed by atoms with Crippen LogP contribution in [-0.2, 0) is 12.5 Å². The van der Waals surface area contributed by atoms with Crippen molar-refractivity contribution < 1.29 is 12.5 Å². The maximum Gasteiger partial charge on any atom is 0.0890 e. The first-order valence-electron chi connectivity index (χ1n) is 12.4. The predicted molar refractivity (Wildman–Crippen MR) is 127 cm³/mol. The molecule has 1 unspecified atom stereocenters. The summed E-state index contributed by atoms with van der Waals surface area (Å²) in [6.45, 7) is 12.7. The van der Waals surface area contributed by atoms with Gasteiger partial charge in [-0.05, 0) is 39.5 Å². The first kappa shape index (κ1) is 28.2. The molecular formula is C24H52O3S. The van der Waals surface area contributed by atoms with Crippen LogP contribution in [0.3, 0.4) is 0 Å². The van der Waals surface area contributed by atoms with Gasteiger partial charge in [-0.3, -0.25) is 12.5 Å². The molecule has 3 nitrogen and oxygen atoms in total. The minimum atomic E-state index is -1.85. The molecule has 0 amide bonds. The highest BCUT2D eigenvalue weighted by Gasteiger charge is 2.30. The van der Waals surface area contributed by atoms with Gasteiger partial charge in [0.2, 0.25) is 0 Å². The predicted octanol–water partition coefficient (Wildman–Crippen LogP) is 8.76. The van der Waals surface area contributed by atoms with E-state index in [-0.39, 0.29) is 0 Å². The van der Waals surface area contributed by atoms with Crippen molar-refractivity contribution in [1.29, 1.82) is 0 Å². The van der Waals surface area contributed by atoms with Crippen molar-refractivity contribution in [2.75, 3.05) is 25.6 Å². The monoisotopic (exact) mass is 420 g/mol. The lowest BCUT2D eigenvalue weighted by atomic mass is 9.96. The molecular weight excluding hydrogens is 368 g/mol. The van der Waals surface area contributed by atoms with Gasteiger partial charge >= 0.3 is 0 Å². The quantitative estimate of drug-likeness (QED) is 0.164. The van der Waals surface area contributed by atoms with Crippen LogP contribution in [0.5, 0.6) is 0 Å². The molecule has 0 radical (unpaired) electrons. The molecule has 0 aliphatic rings. The maximum atomic E-state index is 6.09. The van der Waals surface area contributed by atoms with Crippen LogP contribution in [0.15, 0.2) is 0 Å². The van der Waals surface area contributed by atoms with Gasteiger partial charge in [0.05, 0.1) is 30.7 Å². The SMILES string of the molecule is CCCCCCCCCCC(CCCCCC)CS(OCC)(OCC)OCC. The highest BCUT2D eigenvalue weighted by molar-refractivity contribution is 8.21. The van der Waals surface area contributed by atoms with E-state index in [9.17, 15) is 0 Å². The number of hydrogen-bond acceptors (Lipinski definition) is 3. The molecule has 0 spiro atoms. The lowest BCUT2D eigenvalue weighted by Crippen LogP contribution is -2.22. The summed E-state index contributed by atoms with van der Waals surface area (Å²) in [7, 11) is -1.85. The summed E-state index contributed by atoms with van der Waals surface area (Å²) in [4.78, 5) is 0. The van der Waals surface area contributed by atoms with Crippen LogP contribution in [-0.4, -0.2) is 25.6 Å². The Morgan fingerprint density at radius 2 is 0.857 bits per heavy atom. The summed E-state index contributed by atoms with van der Waals surface area (Å²) in [6, 6.07) is 0. The molecule has 0 saturated heterocycles. The van der Waals surface area contributed by atoms with Crippen LogP contribution in [0.4, 0.5) is 0 Å². The molecule has 0 N–H and O–H groups in total. The van der Waals surface area contributed by atoms with E-state index < -0.39 is 10.9 Å². The van der Waals surface area contributed by atoms with Gasteiger partial charge in [0.1, 0.15) is 0 Å². The topological polar surface area (TPSA) is 27.7 Å². The minimum Gasteiger partial charge on any atom is -0.293 e. The fourth-order valence-corrected chi connectivity index (χ4v) is 6.29. The lowest BCUT2D eigenvalue weighted by molar-refractivity contribution is 0.180. The number of hydrogen-bond donors (Lipinski definition) is 0. The standard InChI is InChI=1S/C24H52O3S/c1-6-11-13-15-16-17-18-20-22-24(21-19-14-12-7-2)23-28(25-8-3,26-9-4)27-10-5/h24H,6-23H2,1-5H3. The average molecular weight is 421 g/mol. The molecule has 0 bridgehead atoms. The normalized spacial score (nSPS) is 13.8. The zero-order valence-electron chi connectivity index (χ0n) is 19.9. The highest BCUT2D eigenvalue weighted by Crippen LogP contribution is 2.53. The van der Waals surface area contributed by atoms with Crippen molar-refractivity contribution in [3.05, 3.63) is 0 Å². The van der Waals surface area contributed by atoms with Crippen LogP contribution in [0.2, 0.25) is 0 Å². The molecule has 0 heterocycles. The zero-order valence-corrected chi connectivity index (χ0v) is 20.8. The van der Waals surface area contributed by atoms with Gasteiger partial charge in [-0.2, -0.15) is 0 Å². The first-order valence-corrected chi connectivity index (χ1v) is 14.0. The Morgan fingerprint density at radius 3 is 1.25 bits per heavy atom. The van der Waals surface area contributed by atoms with Gasteiger partial charge in [-0.1, -0.05) is 90.9 Å². The van der Waals surface area contributed by atoms with E-state index in [0.717, 1.165) is 5.75 Å². The molecule has 0 aromatic heterocycles. The summed E-state index contributed by atoms with van der Waals surface area (Å²) < 4.78 is 18.3. The Bertz CT molecular complexity index is 295. The van der Waals surface area contributed by atoms with E-state index in [1.807, 2.05) is 0 Å². The zero-order chi connectivity index (χ0) is 20.9. The van der Waals surface area contributed by atoms with E-state index in [2.05, 4.69) is 34.6 Å². The molecule has 0 saturated carbocycles. The molecule has 0 fully saturated rings. The van der Waals surface area contributed by atoms with Crippen LogP contribution in [0.25, 0.3) is 0 Å². The van der Waals surface area contributed by atoms with E-state index in [4.69, 9.17) is 12.5 Å². The van der Waals surface area contributed by atoms with E-state index in [0.29, 0.717) is 25.7 Å². The second-order valence-electron chi connectivity index (χ2n) is 7.92. The summed E-state index contributed by atoms with van der Waals surface area (Å²) >= 11 is 0.